The van der Waals surface area contributed by atoms with Gasteiger partial charge in [0.2, 0.25) is 0 Å². The molecule has 1 aromatic heterocycles. The van der Waals surface area contributed by atoms with Crippen LogP contribution in [0.25, 0.3) is 0 Å². The molecule has 2 nitrogen and oxygen atoms in total. The molecule has 1 aromatic carbocycles. The highest BCUT2D eigenvalue weighted by Crippen LogP contribution is 2.51. The fourth-order valence-electron chi connectivity index (χ4n) is 3.00. The first-order valence-corrected chi connectivity index (χ1v) is 7.58. The van der Waals surface area contributed by atoms with E-state index < -0.39 is 0 Å². The molecule has 1 heterocycles. The minimum atomic E-state index is 0.106. The van der Waals surface area contributed by atoms with Crippen molar-refractivity contribution in [3.63, 3.8) is 0 Å². The van der Waals surface area contributed by atoms with E-state index in [0.29, 0.717) is 0 Å². The molecule has 1 unspecified atom stereocenters. The lowest BCUT2D eigenvalue weighted by Gasteiger charge is -2.46. The fraction of sp³-hybridized carbons (Fsp3) is 0.375. The highest BCUT2D eigenvalue weighted by molar-refractivity contribution is 7.10. The molecule has 1 aliphatic carbocycles. The molecule has 0 bridgehead atoms. The van der Waals surface area contributed by atoms with Gasteiger partial charge in [-0.25, -0.2) is 0 Å². The number of ether oxygens (including phenoxy) is 1. The van der Waals surface area contributed by atoms with Crippen LogP contribution in [0.4, 0.5) is 0 Å². The molecule has 1 fully saturated rings. The molecule has 3 heteroatoms. The van der Waals surface area contributed by atoms with Gasteiger partial charge < -0.3 is 10.5 Å². The van der Waals surface area contributed by atoms with Gasteiger partial charge in [0.15, 0.2) is 0 Å². The highest BCUT2D eigenvalue weighted by atomic mass is 32.1. The Hall–Kier alpha value is -1.32. The van der Waals surface area contributed by atoms with Crippen LogP contribution in [0.1, 0.15) is 35.7 Å². The van der Waals surface area contributed by atoms with Gasteiger partial charge in [-0.1, -0.05) is 24.6 Å². The Morgan fingerprint density at radius 2 is 1.95 bits per heavy atom. The molecule has 3 rings (SSSR count). The largest absolute Gasteiger partial charge is 0.497 e. The highest BCUT2D eigenvalue weighted by Gasteiger charge is 2.44. The average molecular weight is 273 g/mol. The summed E-state index contributed by atoms with van der Waals surface area (Å²) in [4.78, 5) is 1.29. The van der Waals surface area contributed by atoms with Crippen LogP contribution in [0.5, 0.6) is 5.75 Å². The summed E-state index contributed by atoms with van der Waals surface area (Å²) >= 11 is 1.76. The van der Waals surface area contributed by atoms with Crippen LogP contribution < -0.4 is 10.5 Å². The normalized spacial score (nSPS) is 18.6. The Labute approximate surface area is 118 Å². The smallest absolute Gasteiger partial charge is 0.118 e. The van der Waals surface area contributed by atoms with E-state index in [2.05, 4.69) is 29.6 Å². The van der Waals surface area contributed by atoms with Gasteiger partial charge in [0.05, 0.1) is 7.11 Å². The first kappa shape index (κ1) is 12.7. The zero-order valence-electron chi connectivity index (χ0n) is 11.1. The monoisotopic (exact) mass is 273 g/mol. The number of benzene rings is 1. The van der Waals surface area contributed by atoms with Gasteiger partial charge in [-0.15, -0.1) is 11.3 Å². The maximum Gasteiger partial charge on any atom is 0.118 e. The molecule has 0 spiro atoms. The lowest BCUT2D eigenvalue weighted by Crippen LogP contribution is -2.44. The molecule has 0 radical (unpaired) electrons. The second-order valence-corrected chi connectivity index (χ2v) is 6.21. The Bertz CT molecular complexity index is 528. The van der Waals surface area contributed by atoms with E-state index in [1.807, 2.05) is 12.1 Å². The molecule has 0 amide bonds. The minimum Gasteiger partial charge on any atom is -0.497 e. The van der Waals surface area contributed by atoms with Crippen molar-refractivity contribution in [2.75, 3.05) is 7.11 Å². The second-order valence-electron chi connectivity index (χ2n) is 5.23. The third kappa shape index (κ3) is 2.07. The topological polar surface area (TPSA) is 35.2 Å². The van der Waals surface area contributed by atoms with Gasteiger partial charge in [0.25, 0.3) is 0 Å². The van der Waals surface area contributed by atoms with E-state index in [1.165, 1.54) is 29.7 Å². The molecule has 0 aliphatic heterocycles. The third-order valence-corrected chi connectivity index (χ3v) is 5.31. The minimum absolute atomic E-state index is 0.106. The van der Waals surface area contributed by atoms with E-state index in [1.54, 1.807) is 18.4 Å². The standard InChI is InChI=1S/C16H19NOS/c1-18-13-7-5-12(6-8-13)16(9-3-10-16)15(17)14-4-2-11-19-14/h2,4-8,11,15H,3,9-10,17H2,1H3. The zero-order valence-corrected chi connectivity index (χ0v) is 12.0. The van der Waals surface area contributed by atoms with E-state index in [9.17, 15) is 0 Å². The van der Waals surface area contributed by atoms with Crippen LogP contribution in [-0.4, -0.2) is 7.11 Å². The number of rotatable bonds is 4. The SMILES string of the molecule is COc1ccc(C2(C(N)c3cccs3)CCC2)cc1. The number of nitrogens with two attached hydrogens (primary N) is 1. The quantitative estimate of drug-likeness (QED) is 0.917. The van der Waals surface area contributed by atoms with Crippen LogP contribution in [0.15, 0.2) is 41.8 Å². The van der Waals surface area contributed by atoms with Crippen LogP contribution in [0.3, 0.4) is 0 Å². The number of methoxy groups -OCH3 is 1. The Morgan fingerprint density at radius 1 is 1.21 bits per heavy atom. The predicted octanol–water partition coefficient (Wildman–Crippen LogP) is 3.88. The number of thiophene rings is 1. The summed E-state index contributed by atoms with van der Waals surface area (Å²) in [6, 6.07) is 12.8. The van der Waals surface area contributed by atoms with Crippen LogP contribution in [0, 0.1) is 0 Å². The van der Waals surface area contributed by atoms with Crippen molar-refractivity contribution in [1.82, 2.24) is 0 Å². The maximum atomic E-state index is 6.56. The first-order valence-electron chi connectivity index (χ1n) is 6.70. The van der Waals surface area contributed by atoms with Crippen molar-refractivity contribution in [1.29, 1.82) is 0 Å². The molecule has 1 atom stereocenters. The van der Waals surface area contributed by atoms with E-state index in [4.69, 9.17) is 10.5 Å². The summed E-state index contributed by atoms with van der Waals surface area (Å²) in [6.45, 7) is 0. The maximum absolute atomic E-state index is 6.56. The second kappa shape index (κ2) is 4.99. The summed E-state index contributed by atoms with van der Waals surface area (Å²) in [5, 5.41) is 2.11. The average Bonchev–Trinajstić information content (AvgIpc) is 2.92. The Kier molecular flexibility index (Phi) is 3.33. The van der Waals surface area contributed by atoms with Gasteiger partial charge in [-0.3, -0.25) is 0 Å². The van der Waals surface area contributed by atoms with Crippen molar-refractivity contribution in [2.45, 2.75) is 30.7 Å². The first-order chi connectivity index (χ1) is 9.26. The molecule has 19 heavy (non-hydrogen) atoms. The van der Waals surface area contributed by atoms with Crippen molar-refractivity contribution in [3.8, 4) is 5.75 Å². The third-order valence-electron chi connectivity index (χ3n) is 4.36. The molecule has 0 saturated heterocycles. The molecule has 2 aromatic rings. The molecule has 100 valence electrons. The Morgan fingerprint density at radius 3 is 2.42 bits per heavy atom. The van der Waals surface area contributed by atoms with Crippen molar-refractivity contribution in [3.05, 3.63) is 52.2 Å². The summed E-state index contributed by atoms with van der Waals surface area (Å²) < 4.78 is 5.24. The molecular weight excluding hydrogens is 254 g/mol. The molecule has 1 aliphatic rings. The lowest BCUT2D eigenvalue weighted by atomic mass is 9.60. The van der Waals surface area contributed by atoms with Gasteiger partial charge in [0.1, 0.15) is 5.75 Å². The van der Waals surface area contributed by atoms with Gasteiger partial charge in [0, 0.05) is 16.3 Å². The van der Waals surface area contributed by atoms with Crippen LogP contribution >= 0.6 is 11.3 Å². The number of hydrogen-bond acceptors (Lipinski definition) is 3. The van der Waals surface area contributed by atoms with Crippen LogP contribution in [-0.2, 0) is 5.41 Å². The van der Waals surface area contributed by atoms with Gasteiger partial charge >= 0.3 is 0 Å². The van der Waals surface area contributed by atoms with E-state index in [0.717, 1.165) is 5.75 Å². The summed E-state index contributed by atoms with van der Waals surface area (Å²) in [5.41, 5.74) is 8.03. The van der Waals surface area contributed by atoms with Crippen LogP contribution in [0.2, 0.25) is 0 Å². The summed E-state index contributed by atoms with van der Waals surface area (Å²) in [6.07, 6.45) is 3.63. The van der Waals surface area contributed by atoms with E-state index in [-0.39, 0.29) is 11.5 Å². The van der Waals surface area contributed by atoms with Crippen molar-refractivity contribution < 1.29 is 4.74 Å². The fourth-order valence-corrected chi connectivity index (χ4v) is 3.84. The number of hydrogen-bond donors (Lipinski definition) is 1. The van der Waals surface area contributed by atoms with E-state index >= 15 is 0 Å². The van der Waals surface area contributed by atoms with Crippen molar-refractivity contribution in [2.24, 2.45) is 5.73 Å². The van der Waals surface area contributed by atoms with Gasteiger partial charge in [-0.05, 0) is 42.0 Å². The predicted molar refractivity (Wildman–Crippen MR) is 79.8 cm³/mol. The summed E-state index contributed by atoms with van der Waals surface area (Å²) in [7, 11) is 1.70. The lowest BCUT2D eigenvalue weighted by molar-refractivity contribution is 0.198. The van der Waals surface area contributed by atoms with Gasteiger partial charge in [-0.2, -0.15) is 0 Å². The molecular formula is C16H19NOS. The van der Waals surface area contributed by atoms with Crippen molar-refractivity contribution >= 4 is 11.3 Å². The molecule has 2 N–H and O–H groups in total. The summed E-state index contributed by atoms with van der Waals surface area (Å²) in [5.74, 6) is 0.905. The zero-order chi connectivity index (χ0) is 13.3. The Balaban J connectivity index is 1.93. The molecule has 1 saturated carbocycles.